The number of carboxylic acid groups (broad SMARTS) is 1. The third kappa shape index (κ3) is 2.46. The fourth-order valence-electron chi connectivity index (χ4n) is 1.53. The number of aromatic nitrogens is 1. The Morgan fingerprint density at radius 2 is 2.12 bits per heavy atom. The Hall–Kier alpha value is -1.85. The highest BCUT2D eigenvalue weighted by Gasteiger charge is 2.45. The van der Waals surface area contributed by atoms with Crippen LogP contribution >= 0.6 is 0 Å². The fourth-order valence-corrected chi connectivity index (χ4v) is 1.53. The van der Waals surface area contributed by atoms with Crippen LogP contribution in [-0.2, 0) is 14.3 Å². The molecule has 0 aliphatic carbocycles. The molecular weight excluding hydrogens is 226 g/mol. The second-order valence-corrected chi connectivity index (χ2v) is 4.35. The molecule has 0 aromatic carbocycles. The standard InChI is InChI=1S/C11H15NO5/c1-6-5-7(17-12-6)8(9(13)16-4)11(2,3)10(14)15/h5,8H,1-4H3,(H,14,15). The lowest BCUT2D eigenvalue weighted by atomic mass is 9.77. The summed E-state index contributed by atoms with van der Waals surface area (Å²) in [4.78, 5) is 22.9. The lowest BCUT2D eigenvalue weighted by Gasteiger charge is -2.25. The summed E-state index contributed by atoms with van der Waals surface area (Å²) in [6, 6.07) is 1.53. The summed E-state index contributed by atoms with van der Waals surface area (Å²) in [5, 5.41) is 12.8. The number of carbonyl (C=O) groups excluding carboxylic acids is 1. The molecule has 1 rings (SSSR count). The van der Waals surface area contributed by atoms with Gasteiger partial charge in [0.05, 0.1) is 18.2 Å². The van der Waals surface area contributed by atoms with Gasteiger partial charge in [-0.1, -0.05) is 5.16 Å². The van der Waals surface area contributed by atoms with E-state index >= 15 is 0 Å². The molecule has 0 aliphatic rings. The molecule has 0 aliphatic heterocycles. The van der Waals surface area contributed by atoms with Crippen molar-refractivity contribution < 1.29 is 24.0 Å². The quantitative estimate of drug-likeness (QED) is 0.800. The number of aliphatic carboxylic acids is 1. The summed E-state index contributed by atoms with van der Waals surface area (Å²) in [6.07, 6.45) is 0. The zero-order valence-corrected chi connectivity index (χ0v) is 10.2. The number of hydrogen-bond acceptors (Lipinski definition) is 5. The molecule has 0 spiro atoms. The van der Waals surface area contributed by atoms with Gasteiger partial charge < -0.3 is 14.4 Å². The van der Waals surface area contributed by atoms with Crippen LogP contribution in [0, 0.1) is 12.3 Å². The van der Waals surface area contributed by atoms with Crippen molar-refractivity contribution >= 4 is 11.9 Å². The van der Waals surface area contributed by atoms with Crippen LogP contribution in [0.15, 0.2) is 10.6 Å². The summed E-state index contributed by atoms with van der Waals surface area (Å²) >= 11 is 0. The van der Waals surface area contributed by atoms with Crippen molar-refractivity contribution in [1.29, 1.82) is 0 Å². The highest BCUT2D eigenvalue weighted by molar-refractivity contribution is 5.87. The maximum atomic E-state index is 11.7. The number of aryl methyl sites for hydroxylation is 1. The minimum atomic E-state index is -1.33. The van der Waals surface area contributed by atoms with E-state index in [0.717, 1.165) is 0 Å². The Kier molecular flexibility index (Phi) is 3.55. The highest BCUT2D eigenvalue weighted by Crippen LogP contribution is 2.37. The second-order valence-electron chi connectivity index (χ2n) is 4.35. The van der Waals surface area contributed by atoms with Crippen LogP contribution in [0.1, 0.15) is 31.2 Å². The molecule has 0 saturated heterocycles. The second kappa shape index (κ2) is 4.57. The van der Waals surface area contributed by atoms with Gasteiger partial charge in [0.25, 0.3) is 0 Å². The lowest BCUT2D eigenvalue weighted by Crippen LogP contribution is -2.36. The molecule has 1 N–H and O–H groups in total. The van der Waals surface area contributed by atoms with Crippen LogP contribution in [-0.4, -0.2) is 29.3 Å². The number of hydrogen-bond donors (Lipinski definition) is 1. The predicted molar refractivity (Wildman–Crippen MR) is 57.4 cm³/mol. The Bertz CT molecular complexity index is 435. The molecule has 0 fully saturated rings. The summed E-state index contributed by atoms with van der Waals surface area (Å²) in [6.45, 7) is 4.57. The van der Waals surface area contributed by atoms with Gasteiger partial charge >= 0.3 is 11.9 Å². The number of methoxy groups -OCH3 is 1. The first-order valence-electron chi connectivity index (χ1n) is 5.05. The first-order valence-corrected chi connectivity index (χ1v) is 5.05. The largest absolute Gasteiger partial charge is 0.481 e. The third-order valence-electron chi connectivity index (χ3n) is 2.64. The maximum Gasteiger partial charge on any atom is 0.317 e. The zero-order valence-electron chi connectivity index (χ0n) is 10.2. The van der Waals surface area contributed by atoms with Gasteiger partial charge in [0.15, 0.2) is 5.76 Å². The maximum absolute atomic E-state index is 11.7. The third-order valence-corrected chi connectivity index (χ3v) is 2.64. The van der Waals surface area contributed by atoms with Gasteiger partial charge in [-0.25, -0.2) is 0 Å². The van der Waals surface area contributed by atoms with E-state index in [1.54, 1.807) is 6.92 Å². The van der Waals surface area contributed by atoms with Crippen molar-refractivity contribution in [3.05, 3.63) is 17.5 Å². The van der Waals surface area contributed by atoms with Crippen molar-refractivity contribution in [3.63, 3.8) is 0 Å². The normalized spacial score (nSPS) is 13.2. The molecule has 0 saturated carbocycles. The SMILES string of the molecule is COC(=O)C(c1cc(C)no1)C(C)(C)C(=O)O. The molecule has 1 atom stereocenters. The number of ether oxygens (including phenoxy) is 1. The van der Waals surface area contributed by atoms with E-state index in [-0.39, 0.29) is 5.76 Å². The summed E-state index contributed by atoms with van der Waals surface area (Å²) in [7, 11) is 1.20. The van der Waals surface area contributed by atoms with E-state index in [1.165, 1.54) is 27.0 Å². The molecule has 1 aromatic heterocycles. The molecule has 1 unspecified atom stereocenters. The minimum Gasteiger partial charge on any atom is -0.481 e. The van der Waals surface area contributed by atoms with Gasteiger partial charge in [-0.3, -0.25) is 9.59 Å². The topological polar surface area (TPSA) is 89.6 Å². The summed E-state index contributed by atoms with van der Waals surface area (Å²) in [5.74, 6) is -2.59. The molecule has 1 aromatic rings. The van der Waals surface area contributed by atoms with Crippen LogP contribution in [0.2, 0.25) is 0 Å². The van der Waals surface area contributed by atoms with Crippen molar-refractivity contribution in [1.82, 2.24) is 5.16 Å². The molecule has 0 amide bonds. The molecule has 0 radical (unpaired) electrons. The van der Waals surface area contributed by atoms with Crippen molar-refractivity contribution in [3.8, 4) is 0 Å². The zero-order chi connectivity index (χ0) is 13.2. The Morgan fingerprint density at radius 1 is 1.53 bits per heavy atom. The van der Waals surface area contributed by atoms with Crippen molar-refractivity contribution in [2.75, 3.05) is 7.11 Å². The van der Waals surface area contributed by atoms with E-state index < -0.39 is 23.3 Å². The Labute approximate surface area is 98.5 Å². The number of carbonyl (C=O) groups is 2. The monoisotopic (exact) mass is 241 g/mol. The van der Waals surface area contributed by atoms with Gasteiger partial charge in [0, 0.05) is 6.07 Å². The van der Waals surface area contributed by atoms with Crippen LogP contribution in [0.4, 0.5) is 0 Å². The number of carboxylic acids is 1. The first kappa shape index (κ1) is 13.2. The van der Waals surface area contributed by atoms with E-state index in [1.807, 2.05) is 0 Å². The number of rotatable bonds is 4. The van der Waals surface area contributed by atoms with E-state index in [9.17, 15) is 9.59 Å². The van der Waals surface area contributed by atoms with E-state index in [2.05, 4.69) is 9.89 Å². The minimum absolute atomic E-state index is 0.196. The Balaban J connectivity index is 3.22. The van der Waals surface area contributed by atoms with Gasteiger partial charge in [-0.05, 0) is 20.8 Å². The van der Waals surface area contributed by atoms with Crippen LogP contribution in [0.25, 0.3) is 0 Å². The van der Waals surface area contributed by atoms with Crippen molar-refractivity contribution in [2.45, 2.75) is 26.7 Å². The van der Waals surface area contributed by atoms with E-state index in [0.29, 0.717) is 5.69 Å². The molecule has 94 valence electrons. The average molecular weight is 241 g/mol. The van der Waals surface area contributed by atoms with Crippen LogP contribution in [0.3, 0.4) is 0 Å². The number of esters is 1. The van der Waals surface area contributed by atoms with E-state index in [4.69, 9.17) is 9.63 Å². The Morgan fingerprint density at radius 3 is 2.47 bits per heavy atom. The average Bonchev–Trinajstić information content (AvgIpc) is 2.64. The van der Waals surface area contributed by atoms with Gasteiger partial charge in [-0.2, -0.15) is 0 Å². The number of nitrogens with zero attached hydrogens (tertiary/aromatic N) is 1. The van der Waals surface area contributed by atoms with Crippen LogP contribution in [0.5, 0.6) is 0 Å². The molecular formula is C11H15NO5. The predicted octanol–water partition coefficient (Wildman–Crippen LogP) is 1.35. The van der Waals surface area contributed by atoms with Crippen LogP contribution < -0.4 is 0 Å². The smallest absolute Gasteiger partial charge is 0.317 e. The van der Waals surface area contributed by atoms with Crippen molar-refractivity contribution in [2.24, 2.45) is 5.41 Å². The summed E-state index contributed by atoms with van der Waals surface area (Å²) in [5.41, 5.74) is -0.755. The van der Waals surface area contributed by atoms with Gasteiger partial charge in [0.2, 0.25) is 0 Å². The molecule has 6 nitrogen and oxygen atoms in total. The molecule has 1 heterocycles. The van der Waals surface area contributed by atoms with Gasteiger partial charge in [-0.15, -0.1) is 0 Å². The van der Waals surface area contributed by atoms with Gasteiger partial charge in [0.1, 0.15) is 5.92 Å². The highest BCUT2D eigenvalue weighted by atomic mass is 16.5. The lowest BCUT2D eigenvalue weighted by molar-refractivity contribution is -0.158. The summed E-state index contributed by atoms with van der Waals surface area (Å²) < 4.78 is 9.59. The molecule has 6 heteroatoms. The first-order chi connectivity index (χ1) is 7.80. The molecule has 17 heavy (non-hydrogen) atoms. The fraction of sp³-hybridized carbons (Fsp3) is 0.545. The molecule has 0 bridgehead atoms.